The molecule has 0 radical (unpaired) electrons. The van der Waals surface area contributed by atoms with Crippen molar-refractivity contribution in [3.05, 3.63) is 16.1 Å². The first-order valence-electron chi connectivity index (χ1n) is 6.90. The first-order chi connectivity index (χ1) is 8.53. The van der Waals surface area contributed by atoms with Crippen LogP contribution in [0.4, 0.5) is 0 Å². The summed E-state index contributed by atoms with van der Waals surface area (Å²) >= 11 is 1.76. The molecule has 1 aliphatic heterocycles. The number of hydrogen-bond acceptors (Lipinski definition) is 4. The summed E-state index contributed by atoms with van der Waals surface area (Å²) in [6.07, 6.45) is 1.28. The second kappa shape index (κ2) is 5.68. The molecule has 2 unspecified atom stereocenters. The molecule has 4 heteroatoms. The third kappa shape index (κ3) is 2.92. The number of nitrogens with one attached hydrogen (secondary N) is 2. The van der Waals surface area contributed by atoms with Crippen molar-refractivity contribution >= 4 is 11.3 Å². The van der Waals surface area contributed by atoms with Crippen LogP contribution < -0.4 is 10.6 Å². The standard InChI is InChI=1S/C14H25N3S/c1-10(2)14(5-6-15-8-14)9-16-12(4)13-17-11(3)7-18-13/h7,10,12,15-16H,5-6,8-9H2,1-4H3. The second-order valence-electron chi connectivity index (χ2n) is 5.87. The Hall–Kier alpha value is -0.450. The quantitative estimate of drug-likeness (QED) is 0.861. The fourth-order valence-electron chi connectivity index (χ4n) is 2.63. The number of aromatic nitrogens is 1. The summed E-state index contributed by atoms with van der Waals surface area (Å²) in [5.41, 5.74) is 1.55. The van der Waals surface area contributed by atoms with Gasteiger partial charge in [-0.25, -0.2) is 4.98 Å². The molecule has 18 heavy (non-hydrogen) atoms. The van der Waals surface area contributed by atoms with E-state index in [1.165, 1.54) is 11.4 Å². The van der Waals surface area contributed by atoms with Gasteiger partial charge in [0, 0.05) is 24.2 Å². The molecule has 2 heterocycles. The maximum atomic E-state index is 4.56. The van der Waals surface area contributed by atoms with E-state index >= 15 is 0 Å². The van der Waals surface area contributed by atoms with Gasteiger partial charge in [0.05, 0.1) is 6.04 Å². The third-order valence-corrected chi connectivity index (χ3v) is 5.41. The fourth-order valence-corrected chi connectivity index (χ4v) is 3.45. The summed E-state index contributed by atoms with van der Waals surface area (Å²) in [6.45, 7) is 12.3. The Bertz CT molecular complexity index is 380. The minimum atomic E-state index is 0.361. The van der Waals surface area contributed by atoms with E-state index in [9.17, 15) is 0 Å². The lowest BCUT2D eigenvalue weighted by molar-refractivity contribution is 0.202. The van der Waals surface area contributed by atoms with Crippen molar-refractivity contribution in [1.29, 1.82) is 0 Å². The van der Waals surface area contributed by atoms with E-state index in [0.717, 1.165) is 25.3 Å². The Labute approximate surface area is 114 Å². The van der Waals surface area contributed by atoms with Gasteiger partial charge in [-0.15, -0.1) is 11.3 Å². The van der Waals surface area contributed by atoms with Crippen molar-refractivity contribution in [3.8, 4) is 0 Å². The van der Waals surface area contributed by atoms with E-state index in [1.807, 2.05) is 0 Å². The average molecular weight is 267 g/mol. The number of nitrogens with zero attached hydrogens (tertiary/aromatic N) is 1. The van der Waals surface area contributed by atoms with Crippen molar-refractivity contribution in [1.82, 2.24) is 15.6 Å². The van der Waals surface area contributed by atoms with Gasteiger partial charge in [0.15, 0.2) is 0 Å². The van der Waals surface area contributed by atoms with Gasteiger partial charge in [0.2, 0.25) is 0 Å². The zero-order chi connectivity index (χ0) is 13.2. The van der Waals surface area contributed by atoms with Crippen LogP contribution in [-0.2, 0) is 0 Å². The van der Waals surface area contributed by atoms with Gasteiger partial charge >= 0.3 is 0 Å². The van der Waals surface area contributed by atoms with Gasteiger partial charge in [-0.05, 0) is 38.1 Å². The monoisotopic (exact) mass is 267 g/mol. The van der Waals surface area contributed by atoms with Crippen LogP contribution in [0.5, 0.6) is 0 Å². The van der Waals surface area contributed by atoms with Crippen LogP contribution >= 0.6 is 11.3 Å². The van der Waals surface area contributed by atoms with Gasteiger partial charge < -0.3 is 10.6 Å². The molecule has 0 amide bonds. The van der Waals surface area contributed by atoms with Crippen LogP contribution in [0, 0.1) is 18.3 Å². The highest BCUT2D eigenvalue weighted by atomic mass is 32.1. The Balaban J connectivity index is 1.94. The van der Waals surface area contributed by atoms with Crippen molar-refractivity contribution in [3.63, 3.8) is 0 Å². The van der Waals surface area contributed by atoms with E-state index in [0.29, 0.717) is 17.4 Å². The number of aryl methyl sites for hydroxylation is 1. The Morgan fingerprint density at radius 2 is 2.28 bits per heavy atom. The van der Waals surface area contributed by atoms with E-state index in [2.05, 4.69) is 48.7 Å². The summed E-state index contributed by atoms with van der Waals surface area (Å²) in [4.78, 5) is 4.56. The highest BCUT2D eigenvalue weighted by Gasteiger charge is 2.36. The zero-order valence-electron chi connectivity index (χ0n) is 11.9. The maximum absolute atomic E-state index is 4.56. The van der Waals surface area contributed by atoms with Crippen LogP contribution in [-0.4, -0.2) is 24.6 Å². The summed E-state index contributed by atoms with van der Waals surface area (Å²) in [5.74, 6) is 0.713. The van der Waals surface area contributed by atoms with E-state index in [4.69, 9.17) is 0 Å². The third-order valence-electron chi connectivity index (χ3n) is 4.27. The molecule has 1 aromatic heterocycles. The Morgan fingerprint density at radius 3 is 2.78 bits per heavy atom. The van der Waals surface area contributed by atoms with Crippen LogP contribution in [0.1, 0.15) is 43.9 Å². The molecule has 102 valence electrons. The summed E-state index contributed by atoms with van der Waals surface area (Å²) < 4.78 is 0. The van der Waals surface area contributed by atoms with Crippen molar-refractivity contribution in [2.75, 3.05) is 19.6 Å². The Morgan fingerprint density at radius 1 is 1.50 bits per heavy atom. The number of rotatable bonds is 5. The molecule has 2 N–H and O–H groups in total. The molecule has 0 aromatic carbocycles. The van der Waals surface area contributed by atoms with Gasteiger partial charge in [0.25, 0.3) is 0 Å². The lowest BCUT2D eigenvalue weighted by atomic mass is 9.76. The minimum absolute atomic E-state index is 0.361. The van der Waals surface area contributed by atoms with Crippen LogP contribution in [0.25, 0.3) is 0 Å². The normalized spacial score (nSPS) is 25.8. The molecule has 1 saturated heterocycles. The van der Waals surface area contributed by atoms with Crippen molar-refractivity contribution in [2.24, 2.45) is 11.3 Å². The molecule has 2 rings (SSSR count). The maximum Gasteiger partial charge on any atom is 0.110 e. The van der Waals surface area contributed by atoms with E-state index in [1.54, 1.807) is 11.3 Å². The highest BCUT2D eigenvalue weighted by molar-refractivity contribution is 7.09. The highest BCUT2D eigenvalue weighted by Crippen LogP contribution is 2.34. The van der Waals surface area contributed by atoms with Gasteiger partial charge in [-0.3, -0.25) is 0 Å². The molecule has 1 aliphatic rings. The van der Waals surface area contributed by atoms with E-state index < -0.39 is 0 Å². The fraction of sp³-hybridized carbons (Fsp3) is 0.786. The molecule has 0 saturated carbocycles. The molecule has 0 spiro atoms. The minimum Gasteiger partial charge on any atom is -0.316 e. The van der Waals surface area contributed by atoms with Gasteiger partial charge in [0.1, 0.15) is 5.01 Å². The average Bonchev–Trinajstić information content (AvgIpc) is 2.95. The first kappa shape index (κ1) is 14.0. The molecule has 3 nitrogen and oxygen atoms in total. The summed E-state index contributed by atoms with van der Waals surface area (Å²) in [7, 11) is 0. The molecular formula is C14H25N3S. The van der Waals surface area contributed by atoms with Crippen LogP contribution in [0.3, 0.4) is 0 Å². The predicted molar refractivity (Wildman–Crippen MR) is 78.0 cm³/mol. The molecule has 2 atom stereocenters. The van der Waals surface area contributed by atoms with E-state index in [-0.39, 0.29) is 0 Å². The lowest BCUT2D eigenvalue weighted by Crippen LogP contribution is -2.41. The predicted octanol–water partition coefficient (Wildman–Crippen LogP) is 2.74. The SMILES string of the molecule is Cc1csc(C(C)NCC2(C(C)C)CCNC2)n1. The molecule has 0 bridgehead atoms. The van der Waals surface area contributed by atoms with Crippen LogP contribution in [0.2, 0.25) is 0 Å². The Kier molecular flexibility index (Phi) is 4.41. The van der Waals surface area contributed by atoms with Crippen molar-refractivity contribution in [2.45, 2.75) is 40.2 Å². The largest absolute Gasteiger partial charge is 0.316 e. The first-order valence-corrected chi connectivity index (χ1v) is 7.77. The summed E-state index contributed by atoms with van der Waals surface area (Å²) in [5, 5.41) is 10.5. The second-order valence-corrected chi connectivity index (χ2v) is 6.76. The lowest BCUT2D eigenvalue weighted by Gasteiger charge is -2.34. The van der Waals surface area contributed by atoms with Gasteiger partial charge in [-0.1, -0.05) is 13.8 Å². The molecule has 1 fully saturated rings. The number of hydrogen-bond donors (Lipinski definition) is 2. The molecule has 0 aliphatic carbocycles. The van der Waals surface area contributed by atoms with Crippen LogP contribution in [0.15, 0.2) is 5.38 Å². The van der Waals surface area contributed by atoms with Gasteiger partial charge in [-0.2, -0.15) is 0 Å². The molecular weight excluding hydrogens is 242 g/mol. The topological polar surface area (TPSA) is 37.0 Å². The zero-order valence-corrected chi connectivity index (χ0v) is 12.7. The summed E-state index contributed by atoms with van der Waals surface area (Å²) in [6, 6.07) is 0.361. The smallest absolute Gasteiger partial charge is 0.110 e. The van der Waals surface area contributed by atoms with Crippen molar-refractivity contribution < 1.29 is 0 Å². The molecule has 1 aromatic rings. The number of thiazole rings is 1.